The Morgan fingerprint density at radius 2 is 1.47 bits per heavy atom. The predicted molar refractivity (Wildman–Crippen MR) is 97.3 cm³/mol. The van der Waals surface area contributed by atoms with E-state index in [1.54, 1.807) is 37.4 Å². The number of amides is 1. The van der Waals surface area contributed by atoms with Gasteiger partial charge in [0.25, 0.3) is 0 Å². The van der Waals surface area contributed by atoms with Gasteiger partial charge in [-0.1, -0.05) is 30.3 Å². The van der Waals surface area contributed by atoms with Gasteiger partial charge in [-0.25, -0.2) is 0 Å². The van der Waals surface area contributed by atoms with Crippen LogP contribution < -0.4 is 10.6 Å². The van der Waals surface area contributed by atoms with E-state index in [2.05, 4.69) is 10.6 Å². The molecule has 2 N–H and O–H groups in total. The molecule has 0 aromatic heterocycles. The Labute approximate surface area is 169 Å². The summed E-state index contributed by atoms with van der Waals surface area (Å²) in [5, 5.41) is 5.54. The molecule has 164 valence electrons. The third kappa shape index (κ3) is 5.96. The van der Waals surface area contributed by atoms with E-state index in [4.69, 9.17) is 4.74 Å². The van der Waals surface area contributed by atoms with Gasteiger partial charge in [0.2, 0.25) is 6.41 Å². The summed E-state index contributed by atoms with van der Waals surface area (Å²) < 4.78 is 83.5. The Kier molecular flexibility index (Phi) is 7.49. The smallest absolute Gasteiger partial charge is 0.374 e. The first-order valence-corrected chi connectivity index (χ1v) is 8.79. The molecule has 2 aromatic rings. The molecule has 0 aliphatic rings. The minimum atomic E-state index is -4.94. The van der Waals surface area contributed by atoms with Crippen molar-refractivity contribution in [2.24, 2.45) is 0 Å². The van der Waals surface area contributed by atoms with E-state index in [1.807, 2.05) is 0 Å². The summed E-state index contributed by atoms with van der Waals surface area (Å²) in [6, 6.07) is 9.97. The lowest BCUT2D eigenvalue weighted by molar-refractivity contribution is -0.143. The number of halogens is 6. The van der Waals surface area contributed by atoms with Crippen molar-refractivity contribution in [3.8, 4) is 0 Å². The van der Waals surface area contributed by atoms with Crippen LogP contribution >= 0.6 is 0 Å². The highest BCUT2D eigenvalue weighted by molar-refractivity contribution is 5.50. The maximum atomic E-state index is 13.0. The lowest BCUT2D eigenvalue weighted by Gasteiger charge is -2.33. The molecule has 30 heavy (non-hydrogen) atoms. The normalized spacial score (nSPS) is 14.2. The molecule has 0 saturated heterocycles. The number of alkyl halides is 6. The van der Waals surface area contributed by atoms with Crippen LogP contribution in [0.25, 0.3) is 0 Å². The minimum absolute atomic E-state index is 0.0622. The summed E-state index contributed by atoms with van der Waals surface area (Å²) >= 11 is 0. The average molecular weight is 434 g/mol. The average Bonchev–Trinajstić information content (AvgIpc) is 2.67. The van der Waals surface area contributed by atoms with Crippen molar-refractivity contribution < 1.29 is 35.9 Å². The van der Waals surface area contributed by atoms with Crippen LogP contribution in [0.4, 0.5) is 26.3 Å². The maximum Gasteiger partial charge on any atom is 0.416 e. The van der Waals surface area contributed by atoms with Crippen molar-refractivity contribution in [2.75, 3.05) is 20.2 Å². The second-order valence-corrected chi connectivity index (χ2v) is 6.65. The van der Waals surface area contributed by atoms with Crippen molar-refractivity contribution in [2.45, 2.75) is 24.5 Å². The van der Waals surface area contributed by atoms with Gasteiger partial charge in [0.1, 0.15) is 5.54 Å². The standard InChI is InChI=1S/C20H20F6N2O2/c1-27-11-18(28-13-29,15-5-3-2-4-6-15)12-30-10-14-7-16(19(21,22)23)9-17(8-14)20(24,25)26/h2-9,13,27H,10-12H2,1H3,(H,28,29). The molecular weight excluding hydrogens is 414 g/mol. The number of nitrogens with one attached hydrogen (secondary N) is 2. The molecule has 4 nitrogen and oxygen atoms in total. The van der Waals surface area contributed by atoms with Gasteiger partial charge in [-0.3, -0.25) is 4.79 Å². The molecule has 0 bridgehead atoms. The third-order valence-corrected chi connectivity index (χ3v) is 4.40. The number of rotatable bonds is 9. The summed E-state index contributed by atoms with van der Waals surface area (Å²) in [6.07, 6.45) is -9.41. The van der Waals surface area contributed by atoms with E-state index in [9.17, 15) is 31.1 Å². The van der Waals surface area contributed by atoms with Crippen LogP contribution in [0.1, 0.15) is 22.3 Å². The summed E-state index contributed by atoms with van der Waals surface area (Å²) in [5.41, 5.74) is -3.51. The Balaban J connectivity index is 2.29. The first-order chi connectivity index (χ1) is 14.0. The number of ether oxygens (including phenoxy) is 1. The highest BCUT2D eigenvalue weighted by atomic mass is 19.4. The van der Waals surface area contributed by atoms with Crippen molar-refractivity contribution in [1.29, 1.82) is 0 Å². The van der Waals surface area contributed by atoms with Crippen LogP contribution in [-0.4, -0.2) is 26.6 Å². The third-order valence-electron chi connectivity index (χ3n) is 4.40. The number of carbonyl (C=O) groups is 1. The monoisotopic (exact) mass is 434 g/mol. The Morgan fingerprint density at radius 3 is 1.93 bits per heavy atom. The summed E-state index contributed by atoms with van der Waals surface area (Å²) in [6.45, 7) is -0.480. The van der Waals surface area contributed by atoms with Crippen molar-refractivity contribution in [3.05, 3.63) is 70.8 Å². The molecule has 0 heterocycles. The van der Waals surface area contributed by atoms with Crippen molar-refractivity contribution >= 4 is 6.41 Å². The SMILES string of the molecule is CNCC(COCc1cc(C(F)(F)F)cc(C(F)(F)F)c1)(NC=O)c1ccccc1. The lowest BCUT2D eigenvalue weighted by Crippen LogP contribution is -2.52. The van der Waals surface area contributed by atoms with Gasteiger partial charge in [-0.15, -0.1) is 0 Å². The fraction of sp³-hybridized carbons (Fsp3) is 0.350. The van der Waals surface area contributed by atoms with Gasteiger partial charge in [0.15, 0.2) is 0 Å². The van der Waals surface area contributed by atoms with E-state index >= 15 is 0 Å². The molecule has 10 heteroatoms. The molecule has 0 aliphatic heterocycles. The molecule has 1 atom stereocenters. The Morgan fingerprint density at radius 1 is 0.900 bits per heavy atom. The fourth-order valence-corrected chi connectivity index (χ4v) is 3.03. The Bertz CT molecular complexity index is 807. The van der Waals surface area contributed by atoms with Crippen LogP contribution in [0.5, 0.6) is 0 Å². The van der Waals surface area contributed by atoms with Gasteiger partial charge in [0, 0.05) is 6.54 Å². The van der Waals surface area contributed by atoms with Gasteiger partial charge in [-0.05, 0) is 36.4 Å². The maximum absolute atomic E-state index is 13.0. The molecule has 0 spiro atoms. The minimum Gasteiger partial charge on any atom is -0.374 e. The fourth-order valence-electron chi connectivity index (χ4n) is 3.03. The molecule has 0 saturated carbocycles. The summed E-state index contributed by atoms with van der Waals surface area (Å²) in [4.78, 5) is 11.2. The highest BCUT2D eigenvalue weighted by Crippen LogP contribution is 2.36. The van der Waals surface area contributed by atoms with E-state index in [0.717, 1.165) is 0 Å². The van der Waals surface area contributed by atoms with Gasteiger partial charge >= 0.3 is 12.4 Å². The molecule has 2 aromatic carbocycles. The zero-order valence-electron chi connectivity index (χ0n) is 15.9. The van der Waals surface area contributed by atoms with Crippen LogP contribution in [-0.2, 0) is 34.0 Å². The lowest BCUT2D eigenvalue weighted by atomic mass is 9.90. The number of benzene rings is 2. The number of carbonyl (C=O) groups excluding carboxylic acids is 1. The van der Waals surface area contributed by atoms with E-state index in [1.165, 1.54) is 0 Å². The van der Waals surface area contributed by atoms with Crippen molar-refractivity contribution in [1.82, 2.24) is 10.6 Å². The quantitative estimate of drug-likeness (QED) is 0.462. The van der Waals surface area contributed by atoms with Crippen molar-refractivity contribution in [3.63, 3.8) is 0 Å². The first-order valence-electron chi connectivity index (χ1n) is 8.79. The van der Waals surface area contributed by atoms with Gasteiger partial charge in [0.05, 0.1) is 24.3 Å². The molecule has 0 aliphatic carbocycles. The van der Waals surface area contributed by atoms with Crippen LogP contribution in [0, 0.1) is 0 Å². The van der Waals surface area contributed by atoms with E-state index in [0.29, 0.717) is 24.1 Å². The zero-order chi connectivity index (χ0) is 22.4. The van der Waals surface area contributed by atoms with Crippen LogP contribution in [0.2, 0.25) is 0 Å². The largest absolute Gasteiger partial charge is 0.416 e. The summed E-state index contributed by atoms with van der Waals surface area (Å²) in [5.74, 6) is 0. The number of hydrogen-bond acceptors (Lipinski definition) is 3. The van der Waals surface area contributed by atoms with Crippen LogP contribution in [0.15, 0.2) is 48.5 Å². The first kappa shape index (κ1) is 23.7. The highest BCUT2D eigenvalue weighted by Gasteiger charge is 2.37. The van der Waals surface area contributed by atoms with Gasteiger partial charge < -0.3 is 15.4 Å². The van der Waals surface area contributed by atoms with Crippen LogP contribution in [0.3, 0.4) is 0 Å². The number of hydrogen-bond donors (Lipinski definition) is 2. The second kappa shape index (κ2) is 9.48. The second-order valence-electron chi connectivity index (χ2n) is 6.65. The predicted octanol–water partition coefficient (Wildman–Crippen LogP) is 4.10. The molecular formula is C20H20F6N2O2. The molecule has 0 radical (unpaired) electrons. The molecule has 1 amide bonds. The van der Waals surface area contributed by atoms with E-state index < -0.39 is 35.6 Å². The summed E-state index contributed by atoms with van der Waals surface area (Å²) in [7, 11) is 1.63. The molecule has 2 rings (SSSR count). The number of likely N-dealkylation sites (N-methyl/N-ethyl adjacent to an activating group) is 1. The van der Waals surface area contributed by atoms with E-state index in [-0.39, 0.29) is 24.8 Å². The Hall–Kier alpha value is -2.59. The molecule has 0 fully saturated rings. The molecule has 1 unspecified atom stereocenters. The van der Waals surface area contributed by atoms with Gasteiger partial charge in [-0.2, -0.15) is 26.3 Å². The zero-order valence-corrected chi connectivity index (χ0v) is 15.9. The topological polar surface area (TPSA) is 50.4 Å².